The maximum atomic E-state index is 11.8. The number of imide groups is 1. The van der Waals surface area contributed by atoms with Crippen molar-refractivity contribution in [2.45, 2.75) is 0 Å². The van der Waals surface area contributed by atoms with E-state index >= 15 is 0 Å². The fourth-order valence-electron chi connectivity index (χ4n) is 3.83. The Balaban J connectivity index is 1.27. The monoisotopic (exact) mass is 443 g/mol. The molecule has 2 aliphatic rings. The molecule has 0 bridgehead atoms. The van der Waals surface area contributed by atoms with Crippen LogP contribution in [-0.4, -0.2) is 47.3 Å². The number of thioether (sulfide) groups is 1. The summed E-state index contributed by atoms with van der Waals surface area (Å²) in [6.45, 7) is 3.31. The van der Waals surface area contributed by atoms with Gasteiger partial charge in [0.25, 0.3) is 11.1 Å². The zero-order valence-electron chi connectivity index (χ0n) is 17.3. The van der Waals surface area contributed by atoms with Crippen LogP contribution in [0.2, 0.25) is 0 Å². The third-order valence-corrected chi connectivity index (χ3v) is 6.28. The largest absolute Gasteiger partial charge is 0.368 e. The Hall–Kier alpha value is -3.65. The van der Waals surface area contributed by atoms with Crippen molar-refractivity contribution in [1.82, 2.24) is 15.3 Å². The van der Waals surface area contributed by atoms with E-state index in [1.165, 1.54) is 16.8 Å². The number of carbonyl (C=O) groups excluding carboxylic acids is 2. The summed E-state index contributed by atoms with van der Waals surface area (Å²) >= 11 is 0.888. The summed E-state index contributed by atoms with van der Waals surface area (Å²) in [5.74, 6) is 0.248. The van der Waals surface area contributed by atoms with Crippen LogP contribution in [0.15, 0.2) is 71.8 Å². The molecule has 0 atom stereocenters. The van der Waals surface area contributed by atoms with E-state index < -0.39 is 0 Å². The number of aromatic nitrogens is 2. The standard InChI is InChI=1S/C24H21N5O2S/c30-22-21(32-24(31)27-22)16-19-9-10-25-23(26-19)29-13-11-28(12-14-29)20-8-4-7-18(15-20)17-5-2-1-3-6-17/h1-10,15-16H,11-14H2,(H,27,30,31)/b21-16-. The van der Waals surface area contributed by atoms with Crippen LogP contribution in [0, 0.1) is 0 Å². The molecule has 0 spiro atoms. The van der Waals surface area contributed by atoms with Gasteiger partial charge < -0.3 is 9.80 Å². The molecule has 2 fully saturated rings. The number of nitrogens with one attached hydrogen (secondary N) is 1. The normalized spacial score (nSPS) is 17.7. The van der Waals surface area contributed by atoms with Gasteiger partial charge in [-0.15, -0.1) is 0 Å². The molecule has 160 valence electrons. The van der Waals surface area contributed by atoms with Gasteiger partial charge in [-0.2, -0.15) is 0 Å². The van der Waals surface area contributed by atoms with E-state index in [2.05, 4.69) is 73.6 Å². The van der Waals surface area contributed by atoms with Crippen molar-refractivity contribution in [3.8, 4) is 11.1 Å². The summed E-state index contributed by atoms with van der Waals surface area (Å²) in [6, 6.07) is 20.8. The van der Waals surface area contributed by atoms with Crippen molar-refractivity contribution in [3.63, 3.8) is 0 Å². The predicted molar refractivity (Wildman–Crippen MR) is 127 cm³/mol. The second kappa shape index (κ2) is 8.84. The lowest BCUT2D eigenvalue weighted by Gasteiger charge is -2.36. The first-order valence-corrected chi connectivity index (χ1v) is 11.2. The van der Waals surface area contributed by atoms with Crippen molar-refractivity contribution in [1.29, 1.82) is 0 Å². The van der Waals surface area contributed by atoms with Gasteiger partial charge in [0, 0.05) is 38.1 Å². The van der Waals surface area contributed by atoms with Gasteiger partial charge in [0.05, 0.1) is 10.6 Å². The van der Waals surface area contributed by atoms with E-state index in [9.17, 15) is 9.59 Å². The van der Waals surface area contributed by atoms with Crippen LogP contribution >= 0.6 is 11.8 Å². The summed E-state index contributed by atoms with van der Waals surface area (Å²) in [7, 11) is 0. The Morgan fingerprint density at radius 2 is 1.62 bits per heavy atom. The van der Waals surface area contributed by atoms with Crippen LogP contribution in [0.25, 0.3) is 17.2 Å². The molecular weight excluding hydrogens is 422 g/mol. The molecule has 0 aliphatic carbocycles. The molecule has 2 aliphatic heterocycles. The fraction of sp³-hybridized carbons (Fsp3) is 0.167. The molecule has 5 rings (SSSR count). The van der Waals surface area contributed by atoms with Gasteiger partial charge in [-0.25, -0.2) is 9.97 Å². The van der Waals surface area contributed by atoms with E-state index in [0.29, 0.717) is 16.5 Å². The molecule has 0 radical (unpaired) electrons. The maximum Gasteiger partial charge on any atom is 0.290 e. The highest BCUT2D eigenvalue weighted by Crippen LogP contribution is 2.27. The molecule has 0 unspecified atom stereocenters. The Morgan fingerprint density at radius 1 is 0.875 bits per heavy atom. The lowest BCUT2D eigenvalue weighted by molar-refractivity contribution is -0.115. The number of piperazine rings is 1. The van der Waals surface area contributed by atoms with E-state index in [4.69, 9.17) is 0 Å². The Morgan fingerprint density at radius 3 is 2.38 bits per heavy atom. The number of amides is 2. The first kappa shape index (κ1) is 20.3. The third kappa shape index (κ3) is 4.36. The fourth-order valence-corrected chi connectivity index (χ4v) is 4.49. The van der Waals surface area contributed by atoms with E-state index in [-0.39, 0.29) is 11.1 Å². The van der Waals surface area contributed by atoms with Gasteiger partial charge in [-0.1, -0.05) is 42.5 Å². The van der Waals surface area contributed by atoms with Gasteiger partial charge in [0.2, 0.25) is 5.95 Å². The Kier molecular flexibility index (Phi) is 5.60. The first-order chi connectivity index (χ1) is 15.7. The van der Waals surface area contributed by atoms with Gasteiger partial charge >= 0.3 is 0 Å². The quantitative estimate of drug-likeness (QED) is 0.615. The molecule has 1 N–H and O–H groups in total. The number of anilines is 2. The van der Waals surface area contributed by atoms with Crippen molar-refractivity contribution >= 4 is 40.6 Å². The van der Waals surface area contributed by atoms with Crippen LogP contribution < -0.4 is 15.1 Å². The Bertz CT molecular complexity index is 1190. The average Bonchev–Trinajstić information content (AvgIpc) is 3.16. The lowest BCUT2D eigenvalue weighted by Crippen LogP contribution is -2.47. The highest BCUT2D eigenvalue weighted by atomic mass is 32.2. The number of benzene rings is 2. The van der Waals surface area contributed by atoms with Crippen molar-refractivity contribution in [2.75, 3.05) is 36.0 Å². The van der Waals surface area contributed by atoms with Crippen molar-refractivity contribution in [3.05, 3.63) is 77.5 Å². The average molecular weight is 444 g/mol. The van der Waals surface area contributed by atoms with Crippen LogP contribution in [0.5, 0.6) is 0 Å². The summed E-state index contributed by atoms with van der Waals surface area (Å²) in [5.41, 5.74) is 4.24. The zero-order chi connectivity index (χ0) is 21.9. The highest BCUT2D eigenvalue weighted by molar-refractivity contribution is 8.18. The van der Waals surface area contributed by atoms with Gasteiger partial charge in [-0.3, -0.25) is 14.9 Å². The number of hydrogen-bond donors (Lipinski definition) is 1. The molecule has 3 aromatic rings. The molecule has 3 heterocycles. The molecule has 0 saturated carbocycles. The van der Waals surface area contributed by atoms with Crippen LogP contribution in [0.3, 0.4) is 0 Å². The SMILES string of the molecule is O=C1NC(=O)/C(=C/c2ccnc(N3CCN(c4cccc(-c5ccccc5)c4)CC3)n2)S1. The second-order valence-corrected chi connectivity index (χ2v) is 8.54. The van der Waals surface area contributed by atoms with Crippen LogP contribution in [0.4, 0.5) is 16.4 Å². The molecule has 2 aromatic carbocycles. The maximum absolute atomic E-state index is 11.8. The van der Waals surface area contributed by atoms with Crippen LogP contribution in [0.1, 0.15) is 5.69 Å². The van der Waals surface area contributed by atoms with Gasteiger partial charge in [0.15, 0.2) is 0 Å². The Labute approximate surface area is 190 Å². The molecule has 2 saturated heterocycles. The number of rotatable bonds is 4. The summed E-state index contributed by atoms with van der Waals surface area (Å²) in [4.78, 5) is 37.0. The molecule has 7 nitrogen and oxygen atoms in total. The van der Waals surface area contributed by atoms with E-state index in [1.54, 1.807) is 18.3 Å². The molecular formula is C24H21N5O2S. The second-order valence-electron chi connectivity index (χ2n) is 7.52. The van der Waals surface area contributed by atoms with E-state index in [1.807, 2.05) is 6.07 Å². The minimum absolute atomic E-state index is 0.350. The number of carbonyl (C=O) groups is 2. The lowest BCUT2D eigenvalue weighted by atomic mass is 10.0. The highest BCUT2D eigenvalue weighted by Gasteiger charge is 2.25. The minimum Gasteiger partial charge on any atom is -0.368 e. The molecule has 8 heteroatoms. The third-order valence-electron chi connectivity index (χ3n) is 5.47. The summed E-state index contributed by atoms with van der Waals surface area (Å²) in [6.07, 6.45) is 3.31. The first-order valence-electron chi connectivity index (χ1n) is 10.4. The molecule has 1 aromatic heterocycles. The van der Waals surface area contributed by atoms with E-state index in [0.717, 1.165) is 37.9 Å². The van der Waals surface area contributed by atoms with Crippen molar-refractivity contribution in [2.24, 2.45) is 0 Å². The number of nitrogens with zero attached hydrogens (tertiary/aromatic N) is 4. The smallest absolute Gasteiger partial charge is 0.290 e. The van der Waals surface area contributed by atoms with Gasteiger partial charge in [0.1, 0.15) is 0 Å². The number of hydrogen-bond acceptors (Lipinski definition) is 7. The minimum atomic E-state index is -0.383. The summed E-state index contributed by atoms with van der Waals surface area (Å²) in [5, 5.41) is 1.90. The molecule has 32 heavy (non-hydrogen) atoms. The van der Waals surface area contributed by atoms with Crippen molar-refractivity contribution < 1.29 is 9.59 Å². The topological polar surface area (TPSA) is 78.4 Å². The predicted octanol–water partition coefficient (Wildman–Crippen LogP) is 3.79. The molecule has 2 amide bonds. The van der Waals surface area contributed by atoms with Gasteiger partial charge in [-0.05, 0) is 47.2 Å². The zero-order valence-corrected chi connectivity index (χ0v) is 18.1. The summed E-state index contributed by atoms with van der Waals surface area (Å²) < 4.78 is 0. The van der Waals surface area contributed by atoms with Crippen LogP contribution in [-0.2, 0) is 4.79 Å².